The Labute approximate surface area is 61.1 Å². The van der Waals surface area contributed by atoms with Crippen LogP contribution in [0.2, 0.25) is 0 Å². The van der Waals surface area contributed by atoms with Gasteiger partial charge in [0.2, 0.25) is 0 Å². The van der Waals surface area contributed by atoms with Crippen LogP contribution in [0, 0.1) is 5.92 Å². The van der Waals surface area contributed by atoms with Gasteiger partial charge in [0.1, 0.15) is 5.84 Å². The van der Waals surface area contributed by atoms with Crippen molar-refractivity contribution in [1.29, 1.82) is 0 Å². The third-order valence-electron chi connectivity index (χ3n) is 1.43. The minimum absolute atomic E-state index is 0.577. The normalized spacial score (nSPS) is 25.3. The van der Waals surface area contributed by atoms with E-state index in [1.54, 1.807) is 6.20 Å². The van der Waals surface area contributed by atoms with Gasteiger partial charge in [-0.05, 0) is 18.4 Å². The molecule has 0 aromatic heterocycles. The number of hydrogen-bond acceptors (Lipinski definition) is 2. The Morgan fingerprint density at radius 3 is 3.30 bits per heavy atom. The van der Waals surface area contributed by atoms with E-state index in [2.05, 4.69) is 18.0 Å². The van der Waals surface area contributed by atoms with Gasteiger partial charge in [-0.15, -0.1) is 0 Å². The monoisotopic (exact) mass is 136 g/mol. The number of allylic oxidation sites excluding steroid dienone is 2. The molecule has 2 nitrogen and oxygen atoms in total. The van der Waals surface area contributed by atoms with Crippen molar-refractivity contribution in [2.24, 2.45) is 16.6 Å². The average Bonchev–Trinajstić information content (AvgIpc) is 1.84. The van der Waals surface area contributed by atoms with Gasteiger partial charge in [-0.25, -0.2) is 4.99 Å². The molecule has 1 atom stereocenters. The van der Waals surface area contributed by atoms with Crippen molar-refractivity contribution in [3.8, 4) is 0 Å². The van der Waals surface area contributed by atoms with Crippen molar-refractivity contribution in [2.45, 2.75) is 13.3 Å². The van der Waals surface area contributed by atoms with Crippen LogP contribution >= 0.6 is 0 Å². The predicted octanol–water partition coefficient (Wildman–Crippen LogP) is 1.45. The molecule has 1 aliphatic rings. The van der Waals surface area contributed by atoms with Crippen molar-refractivity contribution < 1.29 is 0 Å². The quantitative estimate of drug-likeness (QED) is 0.538. The van der Waals surface area contributed by atoms with Gasteiger partial charge in [0.25, 0.3) is 0 Å². The largest absolute Gasteiger partial charge is 0.384 e. The van der Waals surface area contributed by atoms with E-state index in [9.17, 15) is 0 Å². The second kappa shape index (κ2) is 3.20. The first-order valence-electron chi connectivity index (χ1n) is 3.45. The molecule has 54 valence electrons. The Balaban J connectivity index is 2.70. The van der Waals surface area contributed by atoms with Gasteiger partial charge in [-0.3, -0.25) is 0 Å². The Morgan fingerprint density at radius 1 is 1.70 bits per heavy atom. The Morgan fingerprint density at radius 2 is 2.50 bits per heavy atom. The fraction of sp³-hybridized carbons (Fsp3) is 0.375. The molecule has 0 saturated carbocycles. The molecule has 0 aromatic rings. The number of nitrogens with zero attached hydrogens (tertiary/aromatic N) is 1. The second-order valence-electron chi connectivity index (χ2n) is 2.51. The summed E-state index contributed by atoms with van der Waals surface area (Å²) >= 11 is 0. The number of amidine groups is 1. The first-order valence-corrected chi connectivity index (χ1v) is 3.45. The molecular weight excluding hydrogens is 124 g/mol. The summed E-state index contributed by atoms with van der Waals surface area (Å²) in [7, 11) is 0. The van der Waals surface area contributed by atoms with Crippen LogP contribution in [0.25, 0.3) is 0 Å². The smallest absolute Gasteiger partial charge is 0.122 e. The van der Waals surface area contributed by atoms with Gasteiger partial charge in [0.15, 0.2) is 0 Å². The van der Waals surface area contributed by atoms with Crippen LogP contribution in [-0.4, -0.2) is 5.84 Å². The summed E-state index contributed by atoms with van der Waals surface area (Å²) in [6.07, 6.45) is 8.76. The molecule has 2 heteroatoms. The second-order valence-corrected chi connectivity index (χ2v) is 2.51. The molecule has 10 heavy (non-hydrogen) atoms. The van der Waals surface area contributed by atoms with Gasteiger partial charge in [-0.2, -0.15) is 0 Å². The van der Waals surface area contributed by atoms with E-state index in [1.165, 1.54) is 0 Å². The lowest BCUT2D eigenvalue weighted by atomic mass is 10.1. The maximum Gasteiger partial charge on any atom is 0.122 e. The summed E-state index contributed by atoms with van der Waals surface area (Å²) in [5, 5.41) is 0. The summed E-state index contributed by atoms with van der Waals surface area (Å²) in [5.41, 5.74) is 5.46. The number of hydrogen-bond donors (Lipinski definition) is 1. The zero-order valence-electron chi connectivity index (χ0n) is 6.12. The third-order valence-corrected chi connectivity index (χ3v) is 1.43. The summed E-state index contributed by atoms with van der Waals surface area (Å²) in [6.45, 7) is 2.15. The first kappa shape index (κ1) is 7.06. The molecule has 0 amide bonds. The minimum Gasteiger partial charge on any atom is -0.384 e. The minimum atomic E-state index is 0.577. The van der Waals surface area contributed by atoms with Crippen LogP contribution in [0.3, 0.4) is 0 Å². The molecule has 0 fully saturated rings. The van der Waals surface area contributed by atoms with Crippen molar-refractivity contribution >= 4 is 5.84 Å². The van der Waals surface area contributed by atoms with E-state index in [-0.39, 0.29) is 0 Å². The van der Waals surface area contributed by atoms with E-state index >= 15 is 0 Å². The molecule has 0 aromatic carbocycles. The number of nitrogens with two attached hydrogens (primary N) is 1. The van der Waals surface area contributed by atoms with Crippen molar-refractivity contribution in [1.82, 2.24) is 0 Å². The fourth-order valence-electron chi connectivity index (χ4n) is 0.801. The Kier molecular flexibility index (Phi) is 2.26. The highest BCUT2D eigenvalue weighted by atomic mass is 14.8. The summed E-state index contributed by atoms with van der Waals surface area (Å²) < 4.78 is 0. The van der Waals surface area contributed by atoms with Gasteiger partial charge in [-0.1, -0.05) is 19.1 Å². The van der Waals surface area contributed by atoms with E-state index in [4.69, 9.17) is 5.73 Å². The summed E-state index contributed by atoms with van der Waals surface area (Å²) in [6, 6.07) is 0. The summed E-state index contributed by atoms with van der Waals surface area (Å²) in [4.78, 5) is 3.96. The zero-order chi connectivity index (χ0) is 7.40. The van der Waals surface area contributed by atoms with Gasteiger partial charge in [0.05, 0.1) is 0 Å². The molecule has 1 unspecified atom stereocenters. The highest BCUT2D eigenvalue weighted by Crippen LogP contribution is 2.06. The predicted molar refractivity (Wildman–Crippen MR) is 43.7 cm³/mol. The standard InChI is InChI=1S/C8H12N2/c1-7-3-2-4-8(9)10-6-5-7/h2,4-7H,3H2,1H3,(H2,9,10). The zero-order valence-corrected chi connectivity index (χ0v) is 6.12. The Hall–Kier alpha value is -1.05. The van der Waals surface area contributed by atoms with E-state index < -0.39 is 0 Å². The molecule has 0 spiro atoms. The van der Waals surface area contributed by atoms with Crippen LogP contribution in [-0.2, 0) is 0 Å². The maximum absolute atomic E-state index is 5.46. The van der Waals surface area contributed by atoms with Crippen LogP contribution in [0.1, 0.15) is 13.3 Å². The van der Waals surface area contributed by atoms with Crippen LogP contribution in [0.5, 0.6) is 0 Å². The molecule has 0 aliphatic carbocycles. The van der Waals surface area contributed by atoms with Crippen LogP contribution < -0.4 is 5.73 Å². The van der Waals surface area contributed by atoms with E-state index in [0.29, 0.717) is 11.8 Å². The SMILES string of the molecule is CC1C=CN=C(N)C=CC1. The maximum atomic E-state index is 5.46. The lowest BCUT2D eigenvalue weighted by molar-refractivity contribution is 0.741. The fourth-order valence-corrected chi connectivity index (χ4v) is 0.801. The van der Waals surface area contributed by atoms with Crippen LogP contribution in [0.15, 0.2) is 29.4 Å². The van der Waals surface area contributed by atoms with E-state index in [0.717, 1.165) is 6.42 Å². The molecule has 0 radical (unpaired) electrons. The van der Waals surface area contributed by atoms with Gasteiger partial charge in [0, 0.05) is 6.20 Å². The average molecular weight is 136 g/mol. The lowest BCUT2D eigenvalue weighted by Crippen LogP contribution is -2.07. The van der Waals surface area contributed by atoms with Crippen molar-refractivity contribution in [2.75, 3.05) is 0 Å². The number of rotatable bonds is 0. The first-order chi connectivity index (χ1) is 4.79. The molecule has 0 bridgehead atoms. The lowest BCUT2D eigenvalue weighted by Gasteiger charge is -2.01. The third kappa shape index (κ3) is 2.05. The molecule has 1 aliphatic heterocycles. The van der Waals surface area contributed by atoms with Crippen molar-refractivity contribution in [3.05, 3.63) is 24.4 Å². The molecular formula is C8H12N2. The molecule has 2 N–H and O–H groups in total. The van der Waals surface area contributed by atoms with Crippen LogP contribution in [0.4, 0.5) is 0 Å². The number of aliphatic imine (C=N–C) groups is 1. The Bertz CT molecular complexity index is 189. The molecule has 1 heterocycles. The van der Waals surface area contributed by atoms with Gasteiger partial charge >= 0.3 is 0 Å². The van der Waals surface area contributed by atoms with E-state index in [1.807, 2.05) is 12.2 Å². The summed E-state index contributed by atoms with van der Waals surface area (Å²) in [5.74, 6) is 1.16. The highest BCUT2D eigenvalue weighted by Gasteiger charge is 1.94. The highest BCUT2D eigenvalue weighted by molar-refractivity contribution is 5.91. The molecule has 0 saturated heterocycles. The molecule has 1 rings (SSSR count). The topological polar surface area (TPSA) is 38.4 Å². The van der Waals surface area contributed by atoms with Crippen molar-refractivity contribution in [3.63, 3.8) is 0 Å². The van der Waals surface area contributed by atoms with Gasteiger partial charge < -0.3 is 5.73 Å².